The maximum atomic E-state index is 13.5. The van der Waals surface area contributed by atoms with Crippen molar-refractivity contribution in [2.75, 3.05) is 34.0 Å². The van der Waals surface area contributed by atoms with Gasteiger partial charge in [0.1, 0.15) is 0 Å². The summed E-state index contributed by atoms with van der Waals surface area (Å²) in [5.74, 6) is -0.547. The molecule has 0 fully saturated rings. The lowest BCUT2D eigenvalue weighted by atomic mass is 9.94. The maximum Gasteiger partial charge on any atom is 0.290 e. The molecule has 166 valence electrons. The maximum absolute atomic E-state index is 13.5. The molecule has 2 aromatic rings. The number of aliphatic hydroxyl groups is 1. The zero-order valence-corrected chi connectivity index (χ0v) is 19.0. The minimum Gasteiger partial charge on any atom is -0.503 e. The number of aliphatic hydroxyl groups excluding tert-OH is 1. The molecule has 1 N–H and O–H groups in total. The third kappa shape index (κ3) is 4.28. The van der Waals surface area contributed by atoms with Gasteiger partial charge in [-0.15, -0.1) is 11.3 Å². The van der Waals surface area contributed by atoms with Crippen molar-refractivity contribution < 1.29 is 28.9 Å². The molecule has 0 radical (unpaired) electrons. The van der Waals surface area contributed by atoms with E-state index in [0.29, 0.717) is 34.2 Å². The van der Waals surface area contributed by atoms with Gasteiger partial charge in [-0.05, 0) is 38.5 Å². The van der Waals surface area contributed by atoms with Crippen LogP contribution in [0.25, 0.3) is 0 Å². The van der Waals surface area contributed by atoms with E-state index in [4.69, 9.17) is 14.2 Å². The van der Waals surface area contributed by atoms with E-state index in [9.17, 15) is 14.7 Å². The number of hydrogen-bond acceptors (Lipinski definition) is 8. The van der Waals surface area contributed by atoms with E-state index in [1.54, 1.807) is 25.1 Å². The predicted molar refractivity (Wildman–Crippen MR) is 116 cm³/mol. The van der Waals surface area contributed by atoms with Crippen LogP contribution in [0, 0.1) is 13.8 Å². The van der Waals surface area contributed by atoms with Gasteiger partial charge in [-0.3, -0.25) is 9.59 Å². The molecule has 1 atom stereocenters. The van der Waals surface area contributed by atoms with Gasteiger partial charge < -0.3 is 24.2 Å². The number of amides is 1. The second-order valence-electron chi connectivity index (χ2n) is 6.98. The molecule has 1 aliphatic rings. The molecule has 1 amide bonds. The average Bonchev–Trinajstić information content (AvgIpc) is 3.22. The van der Waals surface area contributed by atoms with Crippen LogP contribution < -0.4 is 9.47 Å². The quantitative estimate of drug-likeness (QED) is 0.590. The minimum absolute atomic E-state index is 0.0282. The number of thiazole rings is 1. The van der Waals surface area contributed by atoms with Crippen molar-refractivity contribution in [2.45, 2.75) is 26.8 Å². The molecule has 31 heavy (non-hydrogen) atoms. The van der Waals surface area contributed by atoms with Gasteiger partial charge in [0.2, 0.25) is 5.78 Å². The van der Waals surface area contributed by atoms with E-state index in [2.05, 4.69) is 4.98 Å². The zero-order valence-electron chi connectivity index (χ0n) is 18.2. The summed E-state index contributed by atoms with van der Waals surface area (Å²) in [5.41, 5.74) is 1.22. The van der Waals surface area contributed by atoms with Crippen LogP contribution in [-0.4, -0.2) is 60.7 Å². The number of hydrogen-bond donors (Lipinski definition) is 1. The standard InChI is InChI=1S/C22H26N2O6S/c1-6-30-16-11-14(7-8-15(16)29-5)18-17(19(25)21-12(2)23-13(3)31-21)20(26)22(27)24(18)9-10-28-4/h7-8,11,18,26H,6,9-10H2,1-5H3. The smallest absolute Gasteiger partial charge is 0.290 e. The number of ketones is 1. The molecule has 2 heterocycles. The Morgan fingerprint density at radius 3 is 2.58 bits per heavy atom. The van der Waals surface area contributed by atoms with Crippen molar-refractivity contribution >= 4 is 23.0 Å². The number of nitrogens with zero attached hydrogens (tertiary/aromatic N) is 2. The largest absolute Gasteiger partial charge is 0.503 e. The van der Waals surface area contributed by atoms with Gasteiger partial charge in [0.25, 0.3) is 5.91 Å². The van der Waals surface area contributed by atoms with E-state index in [1.165, 1.54) is 30.5 Å². The molecule has 0 aliphatic carbocycles. The fourth-order valence-corrected chi connectivity index (χ4v) is 4.52. The van der Waals surface area contributed by atoms with Gasteiger partial charge >= 0.3 is 0 Å². The topological polar surface area (TPSA) is 98.2 Å². The third-order valence-electron chi connectivity index (χ3n) is 5.00. The van der Waals surface area contributed by atoms with Gasteiger partial charge in [0, 0.05) is 13.7 Å². The molecule has 0 bridgehead atoms. The normalized spacial score (nSPS) is 16.2. The van der Waals surface area contributed by atoms with Gasteiger partial charge in [-0.2, -0.15) is 0 Å². The first kappa shape index (κ1) is 22.8. The van der Waals surface area contributed by atoms with Gasteiger partial charge in [0.15, 0.2) is 17.3 Å². The SMILES string of the molecule is CCOc1cc(C2C(C(=O)c3sc(C)nc3C)=C(O)C(=O)N2CCOC)ccc1OC. The zero-order chi connectivity index (χ0) is 22.7. The van der Waals surface area contributed by atoms with Crippen LogP contribution in [0.3, 0.4) is 0 Å². The minimum atomic E-state index is -0.790. The van der Waals surface area contributed by atoms with E-state index >= 15 is 0 Å². The van der Waals surface area contributed by atoms with Gasteiger partial charge in [-0.1, -0.05) is 6.07 Å². The van der Waals surface area contributed by atoms with Crippen molar-refractivity contribution in [1.29, 1.82) is 0 Å². The lowest BCUT2D eigenvalue weighted by Crippen LogP contribution is -2.34. The molecule has 1 aromatic carbocycles. The highest BCUT2D eigenvalue weighted by molar-refractivity contribution is 7.14. The Balaban J connectivity index is 2.13. The second-order valence-corrected chi connectivity index (χ2v) is 8.18. The highest BCUT2D eigenvalue weighted by atomic mass is 32.1. The lowest BCUT2D eigenvalue weighted by Gasteiger charge is -2.27. The van der Waals surface area contributed by atoms with Gasteiger partial charge in [-0.25, -0.2) is 4.98 Å². The summed E-state index contributed by atoms with van der Waals surface area (Å²) < 4.78 is 16.2. The van der Waals surface area contributed by atoms with Crippen LogP contribution in [0.5, 0.6) is 11.5 Å². The van der Waals surface area contributed by atoms with Crippen LogP contribution in [0.15, 0.2) is 29.5 Å². The van der Waals surface area contributed by atoms with Crippen LogP contribution in [0.1, 0.15) is 38.9 Å². The summed E-state index contributed by atoms with van der Waals surface area (Å²) in [6, 6.07) is 4.42. The Labute approximate surface area is 185 Å². The van der Waals surface area contributed by atoms with Crippen molar-refractivity contribution in [3.63, 3.8) is 0 Å². The molecule has 0 saturated heterocycles. The number of carbonyl (C=O) groups excluding carboxylic acids is 2. The number of rotatable bonds is 9. The van der Waals surface area contributed by atoms with E-state index < -0.39 is 23.5 Å². The number of benzene rings is 1. The molecular formula is C22H26N2O6S. The molecule has 3 rings (SSSR count). The predicted octanol–water partition coefficient (Wildman–Crippen LogP) is 3.39. The molecule has 9 heteroatoms. The summed E-state index contributed by atoms with van der Waals surface area (Å²) in [6.45, 7) is 6.28. The molecule has 8 nitrogen and oxygen atoms in total. The first-order valence-electron chi connectivity index (χ1n) is 9.86. The van der Waals surface area contributed by atoms with Crippen LogP contribution in [0.4, 0.5) is 0 Å². The Kier molecular flexibility index (Phi) is 6.97. The third-order valence-corrected chi connectivity index (χ3v) is 6.07. The fourth-order valence-electron chi connectivity index (χ4n) is 3.65. The summed E-state index contributed by atoms with van der Waals surface area (Å²) in [4.78, 5) is 32.5. The molecular weight excluding hydrogens is 420 g/mol. The summed E-state index contributed by atoms with van der Waals surface area (Å²) >= 11 is 1.24. The number of aromatic nitrogens is 1. The van der Waals surface area contributed by atoms with Crippen LogP contribution in [-0.2, 0) is 9.53 Å². The molecule has 0 spiro atoms. The second kappa shape index (κ2) is 9.49. The number of Topliss-reactive ketones (excluding diaryl/α,β-unsaturated/α-hetero) is 1. The molecule has 1 aliphatic heterocycles. The van der Waals surface area contributed by atoms with Crippen LogP contribution >= 0.6 is 11.3 Å². The Hall–Kier alpha value is -2.91. The highest BCUT2D eigenvalue weighted by Crippen LogP contribution is 2.42. The molecule has 1 aromatic heterocycles. The van der Waals surface area contributed by atoms with Gasteiger partial charge in [0.05, 0.1) is 47.5 Å². The van der Waals surface area contributed by atoms with Crippen molar-refractivity contribution in [3.05, 3.63) is 50.7 Å². The van der Waals surface area contributed by atoms with Crippen molar-refractivity contribution in [1.82, 2.24) is 9.88 Å². The highest BCUT2D eigenvalue weighted by Gasteiger charge is 2.44. The summed E-state index contributed by atoms with van der Waals surface area (Å²) in [6.07, 6.45) is 0. The number of methoxy groups -OCH3 is 2. The van der Waals surface area contributed by atoms with Crippen molar-refractivity contribution in [3.8, 4) is 11.5 Å². The lowest BCUT2D eigenvalue weighted by molar-refractivity contribution is -0.130. The monoisotopic (exact) mass is 446 g/mol. The Bertz CT molecular complexity index is 1030. The number of aryl methyl sites for hydroxylation is 2. The summed E-state index contributed by atoms with van der Waals surface area (Å²) in [5, 5.41) is 11.5. The average molecular weight is 447 g/mol. The first-order valence-corrected chi connectivity index (χ1v) is 10.7. The molecule has 1 unspecified atom stereocenters. The van der Waals surface area contributed by atoms with Crippen LogP contribution in [0.2, 0.25) is 0 Å². The van der Waals surface area contributed by atoms with Crippen molar-refractivity contribution in [2.24, 2.45) is 0 Å². The Morgan fingerprint density at radius 2 is 2.00 bits per heavy atom. The molecule has 0 saturated carbocycles. The van der Waals surface area contributed by atoms with E-state index in [1.807, 2.05) is 13.8 Å². The fraction of sp³-hybridized carbons (Fsp3) is 0.409. The first-order chi connectivity index (χ1) is 14.8. The Morgan fingerprint density at radius 1 is 1.26 bits per heavy atom. The van der Waals surface area contributed by atoms with E-state index in [0.717, 1.165) is 5.01 Å². The number of ether oxygens (including phenoxy) is 3. The van der Waals surface area contributed by atoms with E-state index in [-0.39, 0.29) is 18.7 Å². The number of carbonyl (C=O) groups is 2. The summed E-state index contributed by atoms with van der Waals surface area (Å²) in [7, 11) is 3.07.